The van der Waals surface area contributed by atoms with Gasteiger partial charge in [-0.1, -0.05) is 11.3 Å². The zero-order valence-corrected chi connectivity index (χ0v) is 16.4. The summed E-state index contributed by atoms with van der Waals surface area (Å²) in [6.07, 6.45) is 5.12. The second-order valence-electron chi connectivity index (χ2n) is 6.21. The van der Waals surface area contributed by atoms with Crippen molar-refractivity contribution in [1.82, 2.24) is 29.8 Å². The van der Waals surface area contributed by atoms with E-state index in [-0.39, 0.29) is 5.91 Å². The van der Waals surface area contributed by atoms with Crippen molar-refractivity contribution in [3.05, 3.63) is 47.9 Å². The molecule has 5 rings (SSSR count). The van der Waals surface area contributed by atoms with Gasteiger partial charge in [0.1, 0.15) is 16.0 Å². The van der Waals surface area contributed by atoms with E-state index in [1.165, 1.54) is 11.3 Å². The van der Waals surface area contributed by atoms with Crippen LogP contribution in [0, 0.1) is 0 Å². The summed E-state index contributed by atoms with van der Waals surface area (Å²) in [5.74, 6) is 0.491. The number of piperazine rings is 1. The van der Waals surface area contributed by atoms with Crippen LogP contribution in [0.4, 0.5) is 5.13 Å². The van der Waals surface area contributed by atoms with Crippen LogP contribution in [0.2, 0.25) is 0 Å². The highest BCUT2D eigenvalue weighted by atomic mass is 32.1. The predicted molar refractivity (Wildman–Crippen MR) is 109 cm³/mol. The number of anilines is 1. The Bertz CT molecular complexity index is 1090. The number of hydrogen-bond donors (Lipinski definition) is 0. The van der Waals surface area contributed by atoms with Gasteiger partial charge in [-0.2, -0.15) is 0 Å². The smallest absolute Gasteiger partial charge is 0.273 e. The average Bonchev–Trinajstić information content (AvgIpc) is 3.41. The molecule has 0 saturated carbocycles. The highest BCUT2D eigenvalue weighted by Crippen LogP contribution is 2.28. The molecule has 0 bridgehead atoms. The van der Waals surface area contributed by atoms with E-state index >= 15 is 0 Å². The molecule has 0 radical (unpaired) electrons. The first-order chi connectivity index (χ1) is 13.8. The molecule has 0 atom stereocenters. The maximum Gasteiger partial charge on any atom is 0.273 e. The van der Waals surface area contributed by atoms with Crippen LogP contribution in [-0.4, -0.2) is 61.9 Å². The topological polar surface area (TPSA) is 88.0 Å². The Morgan fingerprint density at radius 3 is 2.54 bits per heavy atom. The fraction of sp³-hybridized carbons (Fsp3) is 0.222. The molecule has 1 aliphatic heterocycles. The maximum absolute atomic E-state index is 12.8. The monoisotopic (exact) mass is 409 g/mol. The van der Waals surface area contributed by atoms with E-state index < -0.39 is 0 Å². The minimum atomic E-state index is -0.0518. The lowest BCUT2D eigenvalue weighted by molar-refractivity contribution is 0.0742. The Kier molecular flexibility index (Phi) is 4.41. The van der Waals surface area contributed by atoms with Crippen molar-refractivity contribution in [2.45, 2.75) is 0 Å². The standard InChI is InChI=1S/C18H15N7OS2/c26-17(13-11-27-16(22-13)14-19-5-2-6-20-14)24-7-9-25(10-8-24)18-23-12-3-1-4-21-15(12)28-18/h1-6,11H,7-10H2. The van der Waals surface area contributed by atoms with Gasteiger partial charge in [0.15, 0.2) is 16.0 Å². The van der Waals surface area contributed by atoms with Gasteiger partial charge in [0.2, 0.25) is 0 Å². The average molecular weight is 410 g/mol. The van der Waals surface area contributed by atoms with E-state index in [1.54, 1.807) is 41.4 Å². The number of hydrogen-bond acceptors (Lipinski definition) is 9. The number of rotatable bonds is 3. The molecule has 0 spiro atoms. The summed E-state index contributed by atoms with van der Waals surface area (Å²) in [4.78, 5) is 39.6. The fourth-order valence-electron chi connectivity index (χ4n) is 3.04. The van der Waals surface area contributed by atoms with E-state index in [1.807, 2.05) is 17.0 Å². The van der Waals surface area contributed by atoms with Gasteiger partial charge in [0, 0.05) is 50.1 Å². The molecule has 140 valence electrons. The van der Waals surface area contributed by atoms with Crippen molar-refractivity contribution in [3.8, 4) is 10.8 Å². The van der Waals surface area contributed by atoms with E-state index in [9.17, 15) is 4.79 Å². The van der Waals surface area contributed by atoms with Crippen LogP contribution in [0.1, 0.15) is 10.5 Å². The zero-order valence-electron chi connectivity index (χ0n) is 14.7. The molecule has 1 saturated heterocycles. The van der Waals surface area contributed by atoms with Crippen molar-refractivity contribution >= 4 is 44.1 Å². The quantitative estimate of drug-likeness (QED) is 0.514. The molecule has 1 fully saturated rings. The third-order valence-corrected chi connectivity index (χ3v) is 6.35. The normalized spacial score (nSPS) is 14.6. The molecule has 0 unspecified atom stereocenters. The molecular formula is C18H15N7OS2. The van der Waals surface area contributed by atoms with Crippen molar-refractivity contribution in [1.29, 1.82) is 0 Å². The SMILES string of the molecule is O=C(c1csc(-c2ncccn2)n1)N1CCN(c2nc3cccnc3s2)CC1. The number of carbonyl (C=O) groups excluding carboxylic acids is 1. The summed E-state index contributed by atoms with van der Waals surface area (Å²) >= 11 is 2.97. The summed E-state index contributed by atoms with van der Waals surface area (Å²) in [6.45, 7) is 2.75. The molecule has 1 aliphatic rings. The highest BCUT2D eigenvalue weighted by molar-refractivity contribution is 7.21. The Morgan fingerprint density at radius 1 is 0.964 bits per heavy atom. The first kappa shape index (κ1) is 17.1. The predicted octanol–water partition coefficient (Wildman–Crippen LogP) is 2.57. The molecule has 1 amide bonds. The number of carbonyl (C=O) groups is 1. The number of thiazole rings is 2. The van der Waals surface area contributed by atoms with Gasteiger partial charge in [-0.15, -0.1) is 11.3 Å². The summed E-state index contributed by atoms with van der Waals surface area (Å²) < 4.78 is 0. The Balaban J connectivity index is 1.26. The van der Waals surface area contributed by atoms with Crippen LogP contribution in [0.5, 0.6) is 0 Å². The lowest BCUT2D eigenvalue weighted by Crippen LogP contribution is -2.48. The van der Waals surface area contributed by atoms with Gasteiger partial charge in [-0.05, 0) is 18.2 Å². The minimum Gasteiger partial charge on any atom is -0.344 e. The summed E-state index contributed by atoms with van der Waals surface area (Å²) in [6, 6.07) is 5.62. The number of amides is 1. The summed E-state index contributed by atoms with van der Waals surface area (Å²) in [5.41, 5.74) is 1.37. The minimum absolute atomic E-state index is 0.0518. The van der Waals surface area contributed by atoms with E-state index in [0.717, 1.165) is 28.6 Å². The molecule has 4 aromatic rings. The lowest BCUT2D eigenvalue weighted by Gasteiger charge is -2.34. The first-order valence-electron chi connectivity index (χ1n) is 8.76. The van der Waals surface area contributed by atoms with Crippen LogP contribution in [0.15, 0.2) is 42.2 Å². The number of nitrogens with zero attached hydrogens (tertiary/aromatic N) is 7. The molecule has 8 nitrogen and oxygen atoms in total. The van der Waals surface area contributed by atoms with Crippen molar-refractivity contribution in [2.24, 2.45) is 0 Å². The van der Waals surface area contributed by atoms with Gasteiger partial charge in [-0.3, -0.25) is 4.79 Å². The van der Waals surface area contributed by atoms with Crippen LogP contribution in [-0.2, 0) is 0 Å². The Hall–Kier alpha value is -2.98. The van der Waals surface area contributed by atoms with Crippen molar-refractivity contribution in [3.63, 3.8) is 0 Å². The van der Waals surface area contributed by atoms with Gasteiger partial charge in [0.25, 0.3) is 5.91 Å². The molecule has 0 aromatic carbocycles. The second kappa shape index (κ2) is 7.21. The zero-order chi connectivity index (χ0) is 18.9. The lowest BCUT2D eigenvalue weighted by atomic mass is 10.3. The van der Waals surface area contributed by atoms with Crippen molar-refractivity contribution < 1.29 is 4.79 Å². The van der Waals surface area contributed by atoms with E-state index in [4.69, 9.17) is 0 Å². The van der Waals surface area contributed by atoms with Crippen LogP contribution < -0.4 is 4.90 Å². The Morgan fingerprint density at radius 2 is 1.75 bits per heavy atom. The number of aromatic nitrogens is 5. The molecule has 5 heterocycles. The van der Waals surface area contributed by atoms with Crippen molar-refractivity contribution in [2.75, 3.05) is 31.1 Å². The van der Waals surface area contributed by atoms with Gasteiger partial charge in [0.05, 0.1) is 0 Å². The van der Waals surface area contributed by atoms with Crippen LogP contribution in [0.25, 0.3) is 21.2 Å². The fourth-order valence-corrected chi connectivity index (χ4v) is 4.74. The maximum atomic E-state index is 12.8. The van der Waals surface area contributed by atoms with Gasteiger partial charge in [-0.25, -0.2) is 24.9 Å². The number of fused-ring (bicyclic) bond motifs is 1. The highest BCUT2D eigenvalue weighted by Gasteiger charge is 2.25. The van der Waals surface area contributed by atoms with E-state index in [0.29, 0.717) is 29.6 Å². The largest absolute Gasteiger partial charge is 0.344 e. The summed E-state index contributed by atoms with van der Waals surface area (Å²) in [5, 5.41) is 3.39. The van der Waals surface area contributed by atoms with Crippen LogP contribution >= 0.6 is 22.7 Å². The van der Waals surface area contributed by atoms with E-state index in [2.05, 4.69) is 29.8 Å². The second-order valence-corrected chi connectivity index (χ2v) is 8.03. The molecule has 4 aromatic heterocycles. The molecule has 28 heavy (non-hydrogen) atoms. The first-order valence-corrected chi connectivity index (χ1v) is 10.5. The number of pyridine rings is 1. The molecular weight excluding hydrogens is 394 g/mol. The van der Waals surface area contributed by atoms with Gasteiger partial charge >= 0.3 is 0 Å². The third-order valence-electron chi connectivity index (χ3n) is 4.47. The van der Waals surface area contributed by atoms with Crippen LogP contribution in [0.3, 0.4) is 0 Å². The third kappa shape index (κ3) is 3.20. The summed E-state index contributed by atoms with van der Waals surface area (Å²) in [7, 11) is 0. The molecule has 0 aliphatic carbocycles. The molecule has 10 heteroatoms. The molecule has 0 N–H and O–H groups in total. The van der Waals surface area contributed by atoms with Gasteiger partial charge < -0.3 is 9.80 Å². The Labute approximate surface area is 168 Å².